The third-order valence-electron chi connectivity index (χ3n) is 27.9. The molecule has 0 aliphatic carbocycles. The lowest BCUT2D eigenvalue weighted by atomic mass is 9.71. The van der Waals surface area contributed by atoms with E-state index in [1.54, 1.807) is 52.7 Å². The van der Waals surface area contributed by atoms with Crippen LogP contribution >= 0.6 is 0 Å². The molecular formula is C107H175N7O18. The molecule has 0 N–H and O–H groups in total. The van der Waals surface area contributed by atoms with Crippen LogP contribution in [-0.4, -0.2) is 166 Å². The molecule has 0 spiro atoms. The molecule has 0 bridgehead atoms. The summed E-state index contributed by atoms with van der Waals surface area (Å²) in [6, 6.07) is 20.5. The van der Waals surface area contributed by atoms with Crippen LogP contribution in [0.2, 0.25) is 0 Å². The first kappa shape index (κ1) is 119. The van der Waals surface area contributed by atoms with Crippen LogP contribution in [-0.2, 0) is 96.7 Å². The van der Waals surface area contributed by atoms with Gasteiger partial charge in [0, 0.05) is 85.5 Å². The molecule has 3 aromatic heterocycles. The summed E-state index contributed by atoms with van der Waals surface area (Å²) in [5.74, 6) is -2.61. The standard InChI is InChI=1S/C29H40N2.C27H49NO7.C26H44N2O6.C25H42N2O5/c1-7-28(4,5)25-14-16-26(17-15-25)29(6,8-2)21-27(31-19-18-30-22-31)20-23(3)24-12-10-9-11-13-24;1-11-21(29)26(6,7)18-20(22(30)33-15-14-28(9)10)19-27(8,13-3)24(32)35-17-16-34-23(31)25(4,5)12-2;1-9-14-32-22(30)25(6,7)17-20(28-13-12-27-19-28)18-26(8,11-3)23(31)34-16-15-33-21(29)24(4,5)10-2;1-9-20(28)24(6,7)16-19(27-13-12-26-18-27)17-25(8,11-3)22(30)32-15-14-31-21(29)23(4,5)10-2/h9-19,22-23,27H,7-8,20-21H2,1-6H3;20H,11-19H2,1-10H3;12-13,19-20H,9-11,14-18H2,1-8H3;12-13,18-19H,9-11,14-17H2,1-8H3. The fourth-order valence-electron chi connectivity index (χ4n) is 15.4. The van der Waals surface area contributed by atoms with Gasteiger partial charge in [0.05, 0.1) is 69.4 Å². The summed E-state index contributed by atoms with van der Waals surface area (Å²) in [5, 5.41) is 0. The SMILES string of the molecule is CCC(=O)C(C)(C)CC(CC(C)(CC)C(=O)OCCOC(=O)C(C)(C)CC)C(=O)OCCN(C)C.CCC(=O)C(C)(C)CC(CC(C)(CC)C(=O)OCCOC(=O)C(C)(C)CC)n1ccnc1.CCC(C)(C)c1ccc(C(C)(CC)CC(CC(C)c2ccccc2)n2ccnc2)cc1.CCCOC(=O)C(C)(C)CC(CC(C)(CC)C(=O)OCCOC(=O)C(C)(C)CC)n1ccnc1. The Morgan fingerprint density at radius 2 is 0.682 bits per heavy atom. The van der Waals surface area contributed by atoms with E-state index in [1.807, 2.05) is 192 Å². The zero-order valence-corrected chi connectivity index (χ0v) is 87.6. The third-order valence-corrected chi connectivity index (χ3v) is 27.9. The average Bonchev–Trinajstić information content (AvgIpc) is 1.17. The topological polar surface area (TPSA) is 301 Å². The fourth-order valence-corrected chi connectivity index (χ4v) is 15.4. The van der Waals surface area contributed by atoms with Crippen molar-refractivity contribution >= 4 is 59.3 Å². The number of imidazole rings is 3. The Balaban J connectivity index is 0.000000596. The largest absolute Gasteiger partial charge is 0.465 e. The second kappa shape index (κ2) is 55.2. The molecule has 0 saturated carbocycles. The smallest absolute Gasteiger partial charge is 0.311 e. The number of ether oxygens (including phenoxy) is 8. The Morgan fingerprint density at radius 3 is 1.02 bits per heavy atom. The van der Waals surface area contributed by atoms with Gasteiger partial charge in [-0.2, -0.15) is 0 Å². The molecule has 25 heteroatoms. The number of benzene rings is 2. The Bertz CT molecular complexity index is 4240. The molecule has 3 heterocycles. The number of likely N-dealkylation sites (N-methyl/N-ethyl adjacent to an activating group) is 1. The lowest BCUT2D eigenvalue weighted by molar-refractivity contribution is -0.166. The van der Waals surface area contributed by atoms with E-state index in [2.05, 4.69) is 122 Å². The van der Waals surface area contributed by atoms with Gasteiger partial charge in [0.15, 0.2) is 0 Å². The second-order valence-electron chi connectivity index (χ2n) is 42.0. The second-order valence-corrected chi connectivity index (χ2v) is 42.0. The maximum Gasteiger partial charge on any atom is 0.311 e. The highest BCUT2D eigenvalue weighted by Crippen LogP contribution is 2.45. The Labute approximate surface area is 794 Å². The number of carbonyl (C=O) groups is 10. The molecular weight excluding hydrogens is 1670 g/mol. The predicted molar refractivity (Wildman–Crippen MR) is 522 cm³/mol. The van der Waals surface area contributed by atoms with Crippen LogP contribution in [0.4, 0.5) is 0 Å². The van der Waals surface area contributed by atoms with Crippen molar-refractivity contribution in [2.45, 2.75) is 365 Å². The van der Waals surface area contributed by atoms with Gasteiger partial charge in [-0.25, -0.2) is 15.0 Å². The van der Waals surface area contributed by atoms with Gasteiger partial charge in [0.2, 0.25) is 0 Å². The zero-order valence-electron chi connectivity index (χ0n) is 87.6. The van der Waals surface area contributed by atoms with E-state index in [0.717, 1.165) is 32.1 Å². The van der Waals surface area contributed by atoms with Gasteiger partial charge in [-0.1, -0.05) is 186 Å². The van der Waals surface area contributed by atoms with Crippen LogP contribution in [0.25, 0.3) is 0 Å². The molecule has 0 radical (unpaired) electrons. The minimum absolute atomic E-state index is 0.00450. The monoisotopic (exact) mass is 1850 g/mol. The summed E-state index contributed by atoms with van der Waals surface area (Å²) >= 11 is 0. The number of aromatic nitrogens is 6. The highest BCUT2D eigenvalue weighted by Gasteiger charge is 2.45. The Hall–Kier alpha value is -8.87. The lowest BCUT2D eigenvalue weighted by Crippen LogP contribution is -2.38. The number of rotatable bonds is 56. The quantitative estimate of drug-likeness (QED) is 0.0198. The molecule has 5 aromatic rings. The van der Waals surface area contributed by atoms with Crippen molar-refractivity contribution in [2.75, 3.05) is 73.5 Å². The fraction of sp³-hybridized carbons (Fsp3) is 0.710. The Morgan fingerprint density at radius 1 is 0.341 bits per heavy atom. The molecule has 9 atom stereocenters. The number of hydrogen-bond acceptors (Lipinski definition) is 22. The van der Waals surface area contributed by atoms with E-state index in [-0.39, 0.29) is 129 Å². The maximum absolute atomic E-state index is 13.1. The van der Waals surface area contributed by atoms with Crippen molar-refractivity contribution in [3.63, 3.8) is 0 Å². The van der Waals surface area contributed by atoms with E-state index >= 15 is 0 Å². The van der Waals surface area contributed by atoms with Crippen LogP contribution in [0.5, 0.6) is 0 Å². The van der Waals surface area contributed by atoms with E-state index < -0.39 is 66.6 Å². The molecule has 5 rings (SSSR count). The van der Waals surface area contributed by atoms with E-state index in [0.29, 0.717) is 102 Å². The normalized spacial score (nSPS) is 15.1. The van der Waals surface area contributed by atoms with Gasteiger partial charge in [0.25, 0.3) is 0 Å². The van der Waals surface area contributed by atoms with E-state index in [4.69, 9.17) is 37.9 Å². The van der Waals surface area contributed by atoms with Crippen molar-refractivity contribution in [1.82, 2.24) is 33.6 Å². The molecule has 0 aliphatic rings. The summed E-state index contributed by atoms with van der Waals surface area (Å²) in [6.07, 6.45) is 28.8. The van der Waals surface area contributed by atoms with Crippen molar-refractivity contribution in [3.8, 4) is 0 Å². The first-order valence-corrected chi connectivity index (χ1v) is 48.7. The van der Waals surface area contributed by atoms with Crippen LogP contribution in [0.1, 0.15) is 370 Å². The first-order chi connectivity index (χ1) is 61.5. The maximum atomic E-state index is 13.1. The van der Waals surface area contributed by atoms with Gasteiger partial charge < -0.3 is 56.5 Å². The van der Waals surface area contributed by atoms with Crippen molar-refractivity contribution < 1.29 is 85.8 Å². The van der Waals surface area contributed by atoms with Crippen molar-refractivity contribution in [2.24, 2.45) is 54.7 Å². The number of ketones is 2. The van der Waals surface area contributed by atoms with Crippen LogP contribution < -0.4 is 0 Å². The summed E-state index contributed by atoms with van der Waals surface area (Å²) < 4.78 is 49.4. The van der Waals surface area contributed by atoms with E-state index in [9.17, 15) is 47.9 Å². The summed E-state index contributed by atoms with van der Waals surface area (Å²) in [6.45, 7) is 60.1. The number of hydrogen-bond donors (Lipinski definition) is 0. The summed E-state index contributed by atoms with van der Waals surface area (Å²) in [7, 11) is 3.78. The highest BCUT2D eigenvalue weighted by atomic mass is 16.6. The molecule has 9 unspecified atom stereocenters. The minimum atomic E-state index is -0.955. The number of Topliss-reactive ketones (excluding diaryl/α,β-unsaturated/α-hetero) is 2. The predicted octanol–water partition coefficient (Wildman–Crippen LogP) is 22.8. The van der Waals surface area contributed by atoms with E-state index in [1.165, 1.54) is 16.7 Å². The van der Waals surface area contributed by atoms with Crippen LogP contribution in [0.15, 0.2) is 111 Å². The minimum Gasteiger partial charge on any atom is -0.465 e. The highest BCUT2D eigenvalue weighted by molar-refractivity contribution is 5.86. The van der Waals surface area contributed by atoms with Gasteiger partial charge in [-0.15, -0.1) is 0 Å². The molecule has 2 aromatic carbocycles. The third kappa shape index (κ3) is 38.1. The molecule has 132 heavy (non-hydrogen) atoms. The number of esters is 8. The van der Waals surface area contributed by atoms with Gasteiger partial charge in [-0.3, -0.25) is 47.9 Å². The number of carbonyl (C=O) groups excluding carboxylic acids is 10. The van der Waals surface area contributed by atoms with Crippen molar-refractivity contribution in [3.05, 3.63) is 127 Å². The zero-order chi connectivity index (χ0) is 101. The summed E-state index contributed by atoms with van der Waals surface area (Å²) in [5.41, 5.74) is -1.52. The molecule has 0 saturated heterocycles. The molecule has 0 amide bonds. The molecule has 25 nitrogen and oxygen atoms in total. The lowest BCUT2D eigenvalue weighted by Gasteiger charge is -2.35. The molecule has 0 fully saturated rings. The first-order valence-electron chi connectivity index (χ1n) is 48.7. The Kier molecular flexibility index (Phi) is 49.9. The molecule has 746 valence electrons. The summed E-state index contributed by atoms with van der Waals surface area (Å²) in [4.78, 5) is 141. The van der Waals surface area contributed by atoms with Crippen LogP contribution in [0, 0.1) is 54.7 Å². The average molecular weight is 1850 g/mol. The number of nitrogens with zero attached hydrogens (tertiary/aromatic N) is 7. The van der Waals surface area contributed by atoms with Crippen LogP contribution in [0.3, 0.4) is 0 Å². The van der Waals surface area contributed by atoms with Crippen molar-refractivity contribution in [1.29, 1.82) is 0 Å². The van der Waals surface area contributed by atoms with Gasteiger partial charge >= 0.3 is 47.8 Å². The van der Waals surface area contributed by atoms with Gasteiger partial charge in [0.1, 0.15) is 57.8 Å². The molecule has 0 aliphatic heterocycles. The van der Waals surface area contributed by atoms with Gasteiger partial charge in [-0.05, 0) is 233 Å².